The first-order valence-electron chi connectivity index (χ1n) is 11.1. The quantitative estimate of drug-likeness (QED) is 0.635. The zero-order valence-corrected chi connectivity index (χ0v) is 18.8. The summed E-state index contributed by atoms with van der Waals surface area (Å²) in [6.45, 7) is 6.68. The van der Waals surface area contributed by atoms with E-state index in [0.717, 1.165) is 17.0 Å². The van der Waals surface area contributed by atoms with Crippen LogP contribution in [0.2, 0.25) is 0 Å². The molecule has 1 fully saturated rings. The number of nitrogens with zero attached hydrogens (tertiary/aromatic N) is 3. The third kappa shape index (κ3) is 4.63. The highest BCUT2D eigenvalue weighted by Crippen LogP contribution is 2.33. The van der Waals surface area contributed by atoms with Crippen LogP contribution in [0.25, 0.3) is 5.65 Å². The summed E-state index contributed by atoms with van der Waals surface area (Å²) >= 11 is 0. The van der Waals surface area contributed by atoms with Gasteiger partial charge in [-0.2, -0.15) is 0 Å². The maximum absolute atomic E-state index is 13.7. The number of ether oxygens (including phenoxy) is 1. The number of pyridine rings is 1. The topological polar surface area (TPSA) is 67.1 Å². The molecule has 1 aliphatic heterocycles. The van der Waals surface area contributed by atoms with E-state index in [4.69, 9.17) is 4.74 Å². The lowest BCUT2D eigenvalue weighted by atomic mass is 9.81. The highest BCUT2D eigenvalue weighted by atomic mass is 19.1. The van der Waals surface area contributed by atoms with Crippen molar-refractivity contribution >= 4 is 11.6 Å². The van der Waals surface area contributed by atoms with Crippen LogP contribution < -0.4 is 4.74 Å². The average Bonchev–Trinajstić information content (AvgIpc) is 3.04. The second-order valence-corrected chi connectivity index (χ2v) is 9.10. The molecule has 1 N–H and O–H groups in total. The van der Waals surface area contributed by atoms with Crippen molar-refractivity contribution in [2.75, 3.05) is 13.1 Å². The number of hydrogen-bond donors (Lipinski definition) is 1. The third-order valence-corrected chi connectivity index (χ3v) is 6.14. The summed E-state index contributed by atoms with van der Waals surface area (Å²) in [6, 6.07) is 11.6. The number of rotatable bonds is 6. The highest BCUT2D eigenvalue weighted by Gasteiger charge is 2.44. The van der Waals surface area contributed by atoms with Crippen molar-refractivity contribution in [3.05, 3.63) is 65.9 Å². The molecule has 1 aliphatic rings. The predicted octanol–water partition coefficient (Wildman–Crippen LogP) is 3.78. The summed E-state index contributed by atoms with van der Waals surface area (Å²) in [4.78, 5) is 19.5. The molecule has 0 aliphatic carbocycles. The molecule has 0 unspecified atom stereocenters. The fourth-order valence-corrected chi connectivity index (χ4v) is 4.60. The highest BCUT2D eigenvalue weighted by molar-refractivity contribution is 5.79. The van der Waals surface area contributed by atoms with Gasteiger partial charge in [-0.25, -0.2) is 9.37 Å². The minimum atomic E-state index is -1.09. The molecule has 2 atom stereocenters. The van der Waals surface area contributed by atoms with Crippen LogP contribution in [-0.2, 0) is 11.2 Å². The summed E-state index contributed by atoms with van der Waals surface area (Å²) in [6.07, 6.45) is 2.43. The first-order valence-corrected chi connectivity index (χ1v) is 11.1. The Hall–Kier alpha value is -2.93. The van der Waals surface area contributed by atoms with Crippen molar-refractivity contribution in [2.24, 2.45) is 5.92 Å². The van der Waals surface area contributed by atoms with E-state index in [9.17, 15) is 14.3 Å². The number of aromatic nitrogens is 2. The summed E-state index contributed by atoms with van der Waals surface area (Å²) in [7, 11) is 0. The number of carbonyl (C=O) groups excluding carboxylic acids is 1. The molecule has 7 heteroatoms. The Bertz CT molecular complexity index is 1110. The van der Waals surface area contributed by atoms with Crippen molar-refractivity contribution in [1.29, 1.82) is 0 Å². The second kappa shape index (κ2) is 8.90. The van der Waals surface area contributed by atoms with Crippen LogP contribution in [0.5, 0.6) is 5.75 Å². The van der Waals surface area contributed by atoms with Gasteiger partial charge in [-0.15, -0.1) is 0 Å². The molecule has 170 valence electrons. The standard InChI is InChI=1S/C25H30FN3O3/c1-17(2)15-25(31)10-12-28(16-22(25)32-20-8-6-7-19(26)13-20)24(30)14-21-18(3)27-23-9-4-5-11-29(21)23/h4-9,11,13,17,22,31H,10,12,14-16H2,1-3H3/t22-,25+/m0/s1. The van der Waals surface area contributed by atoms with E-state index in [1.165, 1.54) is 12.1 Å². The summed E-state index contributed by atoms with van der Waals surface area (Å²) < 4.78 is 21.7. The Morgan fingerprint density at radius 2 is 2.12 bits per heavy atom. The van der Waals surface area contributed by atoms with E-state index in [1.54, 1.807) is 17.0 Å². The number of fused-ring (bicyclic) bond motifs is 1. The van der Waals surface area contributed by atoms with Gasteiger partial charge in [-0.1, -0.05) is 26.0 Å². The van der Waals surface area contributed by atoms with Crippen molar-refractivity contribution in [3.63, 3.8) is 0 Å². The Labute approximate surface area is 187 Å². The lowest BCUT2D eigenvalue weighted by molar-refractivity contribution is -0.147. The fraction of sp³-hybridized carbons (Fsp3) is 0.440. The number of likely N-dealkylation sites (tertiary alicyclic amines) is 1. The smallest absolute Gasteiger partial charge is 0.228 e. The molecule has 1 saturated heterocycles. The maximum atomic E-state index is 13.7. The first-order chi connectivity index (χ1) is 15.2. The van der Waals surface area contributed by atoms with Gasteiger partial charge >= 0.3 is 0 Å². The van der Waals surface area contributed by atoms with Crippen LogP contribution in [0.4, 0.5) is 4.39 Å². The molecule has 32 heavy (non-hydrogen) atoms. The van der Waals surface area contributed by atoms with E-state index in [-0.39, 0.29) is 24.8 Å². The summed E-state index contributed by atoms with van der Waals surface area (Å²) in [5, 5.41) is 11.4. The monoisotopic (exact) mass is 439 g/mol. The molecule has 1 aromatic carbocycles. The molecule has 3 heterocycles. The maximum Gasteiger partial charge on any atom is 0.228 e. The zero-order valence-electron chi connectivity index (χ0n) is 18.8. The number of imidazole rings is 1. The van der Waals surface area contributed by atoms with Crippen LogP contribution in [0, 0.1) is 18.7 Å². The van der Waals surface area contributed by atoms with Crippen molar-refractivity contribution in [3.8, 4) is 5.75 Å². The Morgan fingerprint density at radius 3 is 2.88 bits per heavy atom. The van der Waals surface area contributed by atoms with E-state index in [1.807, 2.05) is 49.6 Å². The molecule has 1 amide bonds. The predicted molar refractivity (Wildman–Crippen MR) is 120 cm³/mol. The molecule has 0 bridgehead atoms. The number of benzene rings is 1. The number of amides is 1. The first kappa shape index (κ1) is 22.3. The van der Waals surface area contributed by atoms with E-state index >= 15 is 0 Å². The molecule has 0 saturated carbocycles. The van der Waals surface area contributed by atoms with Crippen molar-refractivity contribution in [2.45, 2.75) is 51.7 Å². The summed E-state index contributed by atoms with van der Waals surface area (Å²) in [5.74, 6) is 0.158. The van der Waals surface area contributed by atoms with Gasteiger partial charge in [0.25, 0.3) is 0 Å². The zero-order chi connectivity index (χ0) is 22.9. The molecular formula is C25H30FN3O3. The van der Waals surface area contributed by atoms with E-state index < -0.39 is 17.5 Å². The number of aliphatic hydroxyl groups is 1. The van der Waals surface area contributed by atoms with Gasteiger partial charge in [0.2, 0.25) is 5.91 Å². The number of aryl methyl sites for hydroxylation is 1. The molecule has 2 aromatic heterocycles. The Balaban J connectivity index is 1.54. The molecular weight excluding hydrogens is 409 g/mol. The lowest BCUT2D eigenvalue weighted by Gasteiger charge is -2.45. The molecule has 0 radical (unpaired) electrons. The number of piperidine rings is 1. The molecule has 4 rings (SSSR count). The molecule has 0 spiro atoms. The Morgan fingerprint density at radius 1 is 1.31 bits per heavy atom. The number of carbonyl (C=O) groups is 1. The second-order valence-electron chi connectivity index (χ2n) is 9.10. The van der Waals surface area contributed by atoms with Crippen LogP contribution in [0.15, 0.2) is 48.7 Å². The van der Waals surface area contributed by atoms with Gasteiger partial charge in [-0.05, 0) is 49.9 Å². The largest absolute Gasteiger partial charge is 0.485 e. The molecule has 3 aromatic rings. The Kier molecular flexibility index (Phi) is 6.20. The van der Waals surface area contributed by atoms with Crippen LogP contribution in [0.3, 0.4) is 0 Å². The van der Waals surface area contributed by atoms with Crippen molar-refractivity contribution in [1.82, 2.24) is 14.3 Å². The van der Waals surface area contributed by atoms with Gasteiger partial charge < -0.3 is 19.1 Å². The normalized spacial score (nSPS) is 21.3. The van der Waals surface area contributed by atoms with Crippen LogP contribution >= 0.6 is 0 Å². The number of halogens is 1. The van der Waals surface area contributed by atoms with Gasteiger partial charge in [-0.3, -0.25) is 4.79 Å². The van der Waals surface area contributed by atoms with Crippen LogP contribution in [0.1, 0.15) is 38.1 Å². The number of hydrogen-bond acceptors (Lipinski definition) is 4. The molecule has 6 nitrogen and oxygen atoms in total. The van der Waals surface area contributed by atoms with E-state index in [2.05, 4.69) is 4.98 Å². The SMILES string of the molecule is Cc1nc2ccccn2c1CC(=O)N1CC[C@@](O)(CC(C)C)[C@@H](Oc2cccc(F)c2)C1. The fourth-order valence-electron chi connectivity index (χ4n) is 4.60. The van der Waals surface area contributed by atoms with Gasteiger partial charge in [0.1, 0.15) is 28.9 Å². The van der Waals surface area contributed by atoms with Crippen LogP contribution in [-0.4, -0.2) is 50.1 Å². The van der Waals surface area contributed by atoms with E-state index in [0.29, 0.717) is 25.1 Å². The van der Waals surface area contributed by atoms with Gasteiger partial charge in [0.05, 0.1) is 24.4 Å². The summed E-state index contributed by atoms with van der Waals surface area (Å²) in [5.41, 5.74) is 1.41. The van der Waals surface area contributed by atoms with Gasteiger partial charge in [0, 0.05) is 18.8 Å². The lowest BCUT2D eigenvalue weighted by Crippen LogP contribution is -2.59. The minimum absolute atomic E-state index is 0.0433. The average molecular weight is 440 g/mol. The van der Waals surface area contributed by atoms with Crippen molar-refractivity contribution < 1.29 is 19.0 Å². The minimum Gasteiger partial charge on any atom is -0.485 e. The van der Waals surface area contributed by atoms with Gasteiger partial charge in [0.15, 0.2) is 0 Å². The third-order valence-electron chi connectivity index (χ3n) is 6.14.